The fraction of sp³-hybridized carbons (Fsp3) is 0.308. The van der Waals surface area contributed by atoms with Crippen molar-refractivity contribution in [3.8, 4) is 0 Å². The number of sulfone groups is 1. The second kappa shape index (κ2) is 6.21. The van der Waals surface area contributed by atoms with Crippen molar-refractivity contribution in [3.05, 3.63) is 34.9 Å². The molecule has 0 bridgehead atoms. The Hall–Kier alpha value is -1.31. The first-order valence-corrected chi connectivity index (χ1v) is 9.09. The number of rotatable bonds is 5. The van der Waals surface area contributed by atoms with Crippen molar-refractivity contribution in [2.45, 2.75) is 18.4 Å². The number of nitrogen functional groups attached to an aromatic ring is 1. The molecule has 0 amide bonds. The van der Waals surface area contributed by atoms with Crippen LogP contribution in [0.5, 0.6) is 0 Å². The average molecular weight is 346 g/mol. The third-order valence-corrected chi connectivity index (χ3v) is 6.13. The summed E-state index contributed by atoms with van der Waals surface area (Å²) in [5.41, 5.74) is 6.71. The molecule has 0 spiro atoms. The van der Waals surface area contributed by atoms with Gasteiger partial charge in [0, 0.05) is 18.6 Å². The number of halogens is 1. The zero-order chi connectivity index (χ0) is 15.6. The zero-order valence-electron chi connectivity index (χ0n) is 11.7. The summed E-state index contributed by atoms with van der Waals surface area (Å²) in [4.78, 5) is 1.95. The first-order chi connectivity index (χ1) is 9.85. The van der Waals surface area contributed by atoms with E-state index >= 15 is 0 Å². The molecule has 1 aromatic carbocycles. The highest BCUT2D eigenvalue weighted by atomic mass is 35.5. The largest absolute Gasteiger partial charge is 0.382 e. The summed E-state index contributed by atoms with van der Waals surface area (Å²) >= 11 is 7.05. The molecule has 8 heteroatoms. The van der Waals surface area contributed by atoms with Crippen LogP contribution in [0.1, 0.15) is 12.5 Å². The van der Waals surface area contributed by atoms with Crippen LogP contribution < -0.4 is 10.6 Å². The molecule has 114 valence electrons. The van der Waals surface area contributed by atoms with Crippen LogP contribution in [0.3, 0.4) is 0 Å². The number of nitrogens with two attached hydrogens (primary N) is 1. The van der Waals surface area contributed by atoms with Crippen molar-refractivity contribution < 1.29 is 8.42 Å². The minimum Gasteiger partial charge on any atom is -0.382 e. The summed E-state index contributed by atoms with van der Waals surface area (Å²) in [5, 5.41) is 1.19. The van der Waals surface area contributed by atoms with E-state index in [0.29, 0.717) is 16.6 Å². The molecule has 5 nitrogen and oxygen atoms in total. The Balaban J connectivity index is 2.35. The Labute approximate surface area is 133 Å². The van der Waals surface area contributed by atoms with Gasteiger partial charge in [-0.2, -0.15) is 4.37 Å². The lowest BCUT2D eigenvalue weighted by molar-refractivity contribution is 0.597. The third kappa shape index (κ3) is 3.48. The molecule has 2 rings (SSSR count). The fourth-order valence-corrected chi connectivity index (χ4v) is 4.45. The lowest BCUT2D eigenvalue weighted by Crippen LogP contribution is -2.18. The van der Waals surface area contributed by atoms with E-state index in [-0.39, 0.29) is 16.5 Å². The number of hydrogen-bond acceptors (Lipinski definition) is 6. The molecule has 21 heavy (non-hydrogen) atoms. The molecular formula is C13H16ClN3O2S2. The molecule has 0 atom stereocenters. The Morgan fingerprint density at radius 1 is 1.43 bits per heavy atom. The third-order valence-electron chi connectivity index (χ3n) is 3.00. The van der Waals surface area contributed by atoms with E-state index in [1.54, 1.807) is 13.0 Å². The van der Waals surface area contributed by atoms with Crippen molar-refractivity contribution in [1.29, 1.82) is 0 Å². The van der Waals surface area contributed by atoms with E-state index in [9.17, 15) is 8.42 Å². The van der Waals surface area contributed by atoms with Gasteiger partial charge in [0.15, 0.2) is 15.7 Å². The van der Waals surface area contributed by atoms with E-state index in [0.717, 1.165) is 17.1 Å². The van der Waals surface area contributed by atoms with Crippen LogP contribution in [0.25, 0.3) is 0 Å². The molecule has 0 saturated heterocycles. The van der Waals surface area contributed by atoms with Crippen LogP contribution in [0.2, 0.25) is 5.02 Å². The van der Waals surface area contributed by atoms with Crippen LogP contribution in [0, 0.1) is 0 Å². The lowest BCUT2D eigenvalue weighted by Gasteiger charge is -2.18. The van der Waals surface area contributed by atoms with E-state index in [1.165, 1.54) is 0 Å². The van der Waals surface area contributed by atoms with Crippen LogP contribution >= 0.6 is 23.1 Å². The van der Waals surface area contributed by atoms with Crippen LogP contribution in [0.15, 0.2) is 29.2 Å². The molecule has 1 heterocycles. The number of anilines is 2. The molecule has 0 aliphatic heterocycles. The number of hydrogen-bond donors (Lipinski definition) is 1. The first kappa shape index (κ1) is 16.1. The molecule has 0 unspecified atom stereocenters. The normalized spacial score (nSPS) is 11.6. The summed E-state index contributed by atoms with van der Waals surface area (Å²) in [6, 6.07) is 7.43. The molecule has 0 fully saturated rings. The Morgan fingerprint density at radius 3 is 2.76 bits per heavy atom. The Kier molecular flexibility index (Phi) is 4.75. The van der Waals surface area contributed by atoms with Crippen molar-refractivity contribution in [2.75, 3.05) is 23.4 Å². The molecular weight excluding hydrogens is 330 g/mol. The molecule has 2 N–H and O–H groups in total. The monoisotopic (exact) mass is 345 g/mol. The summed E-state index contributed by atoms with van der Waals surface area (Å²) in [7, 11) is -1.60. The number of nitrogens with zero attached hydrogens (tertiary/aromatic N) is 2. The first-order valence-electron chi connectivity index (χ1n) is 6.28. The molecule has 0 saturated carbocycles. The predicted octanol–water partition coefficient (Wildman–Crippen LogP) is 2.81. The topological polar surface area (TPSA) is 76.3 Å². The smallest absolute Gasteiger partial charge is 0.184 e. The van der Waals surface area contributed by atoms with Gasteiger partial charge in [-0.3, -0.25) is 0 Å². The Morgan fingerprint density at radius 2 is 2.14 bits per heavy atom. The van der Waals surface area contributed by atoms with Gasteiger partial charge < -0.3 is 10.6 Å². The maximum Gasteiger partial charge on any atom is 0.184 e. The minimum absolute atomic E-state index is 0.00633. The molecule has 0 aliphatic rings. The summed E-state index contributed by atoms with van der Waals surface area (Å²) < 4.78 is 28.3. The van der Waals surface area contributed by atoms with Crippen LogP contribution in [-0.4, -0.2) is 25.6 Å². The van der Waals surface area contributed by atoms with Crippen molar-refractivity contribution >= 4 is 43.8 Å². The second-order valence-corrected chi connectivity index (χ2v) is 7.99. The highest BCUT2D eigenvalue weighted by Gasteiger charge is 2.26. The standard InChI is InChI=1S/C13H16ClN3O2S2/c1-3-21(18,19)11-12(15)16-20-13(11)17(2)8-9-5-4-6-10(14)7-9/h4-7H,3,8H2,1-2H3,(H2,15,16). The van der Waals surface area contributed by atoms with E-state index in [1.807, 2.05) is 30.1 Å². The molecule has 0 radical (unpaired) electrons. The van der Waals surface area contributed by atoms with E-state index in [2.05, 4.69) is 4.37 Å². The van der Waals surface area contributed by atoms with Crippen LogP contribution in [-0.2, 0) is 16.4 Å². The van der Waals surface area contributed by atoms with Gasteiger partial charge in [-0.15, -0.1) is 0 Å². The average Bonchev–Trinajstić information content (AvgIpc) is 2.81. The SMILES string of the molecule is CCS(=O)(=O)c1c(N)nsc1N(C)Cc1cccc(Cl)c1. The van der Waals surface area contributed by atoms with Gasteiger partial charge in [0.25, 0.3) is 0 Å². The Bertz CT molecular complexity index is 744. The minimum atomic E-state index is -3.41. The zero-order valence-corrected chi connectivity index (χ0v) is 14.1. The van der Waals surface area contributed by atoms with Gasteiger partial charge >= 0.3 is 0 Å². The van der Waals surface area contributed by atoms with Gasteiger partial charge in [-0.1, -0.05) is 30.7 Å². The van der Waals surface area contributed by atoms with Gasteiger partial charge in [0.2, 0.25) is 0 Å². The fourth-order valence-electron chi connectivity index (χ4n) is 1.95. The molecule has 1 aromatic heterocycles. The van der Waals surface area contributed by atoms with Gasteiger partial charge in [0.1, 0.15) is 9.90 Å². The number of benzene rings is 1. The maximum absolute atomic E-state index is 12.2. The van der Waals surface area contributed by atoms with Crippen molar-refractivity contribution in [1.82, 2.24) is 4.37 Å². The maximum atomic E-state index is 12.2. The van der Waals surface area contributed by atoms with Gasteiger partial charge in [-0.25, -0.2) is 8.42 Å². The van der Waals surface area contributed by atoms with Crippen LogP contribution in [0.4, 0.5) is 10.8 Å². The number of aromatic nitrogens is 1. The summed E-state index contributed by atoms with van der Waals surface area (Å²) in [6.45, 7) is 2.11. The summed E-state index contributed by atoms with van der Waals surface area (Å²) in [6.07, 6.45) is 0. The quantitative estimate of drug-likeness (QED) is 0.901. The lowest BCUT2D eigenvalue weighted by atomic mass is 10.2. The van der Waals surface area contributed by atoms with E-state index < -0.39 is 9.84 Å². The van der Waals surface area contributed by atoms with Gasteiger partial charge in [-0.05, 0) is 29.2 Å². The second-order valence-electron chi connectivity index (χ2n) is 4.59. The highest BCUT2D eigenvalue weighted by Crippen LogP contribution is 2.35. The molecule has 2 aromatic rings. The highest BCUT2D eigenvalue weighted by molar-refractivity contribution is 7.91. The predicted molar refractivity (Wildman–Crippen MR) is 87.8 cm³/mol. The summed E-state index contributed by atoms with van der Waals surface area (Å²) in [5.74, 6) is 0.0583. The van der Waals surface area contributed by atoms with Crippen molar-refractivity contribution in [2.24, 2.45) is 0 Å². The van der Waals surface area contributed by atoms with Gasteiger partial charge in [0.05, 0.1) is 5.75 Å². The van der Waals surface area contributed by atoms with E-state index in [4.69, 9.17) is 17.3 Å². The molecule has 0 aliphatic carbocycles. The van der Waals surface area contributed by atoms with Crippen molar-refractivity contribution in [3.63, 3.8) is 0 Å².